The summed E-state index contributed by atoms with van der Waals surface area (Å²) in [5.74, 6) is -3.48. The number of carboxylic acids is 1. The highest BCUT2D eigenvalue weighted by Gasteiger charge is 2.33. The molecular formula is C20H32O12. The van der Waals surface area contributed by atoms with Crippen LogP contribution in [-0.4, -0.2) is 84.3 Å². The lowest BCUT2D eigenvalue weighted by Gasteiger charge is -2.16. The number of ether oxygens (including phenoxy) is 6. The molecule has 184 valence electrons. The molecule has 0 aliphatic carbocycles. The first-order chi connectivity index (χ1) is 14.8. The first kappa shape index (κ1) is 27.9. The Morgan fingerprint density at radius 3 is 1.75 bits per heavy atom. The average Bonchev–Trinajstić information content (AvgIpc) is 3.36. The molecule has 0 aromatic carbocycles. The van der Waals surface area contributed by atoms with Gasteiger partial charge in [0.05, 0.1) is 45.5 Å². The number of esters is 3. The molecule has 0 saturated carbocycles. The lowest BCUT2D eigenvalue weighted by atomic mass is 10.3. The topological polar surface area (TPSA) is 164 Å². The van der Waals surface area contributed by atoms with Crippen LogP contribution in [0.4, 0.5) is 0 Å². The van der Waals surface area contributed by atoms with Crippen molar-refractivity contribution in [3.8, 4) is 0 Å². The Labute approximate surface area is 186 Å². The predicted molar refractivity (Wildman–Crippen MR) is 105 cm³/mol. The van der Waals surface area contributed by atoms with Gasteiger partial charge in [-0.2, -0.15) is 0 Å². The summed E-state index contributed by atoms with van der Waals surface area (Å²) in [6.45, 7) is 8.25. The van der Waals surface area contributed by atoms with Crippen molar-refractivity contribution in [3.63, 3.8) is 0 Å². The van der Waals surface area contributed by atoms with E-state index in [1.54, 1.807) is 13.8 Å². The maximum Gasteiger partial charge on any atom is 0.314 e. The maximum atomic E-state index is 11.1. The van der Waals surface area contributed by atoms with Gasteiger partial charge >= 0.3 is 23.9 Å². The van der Waals surface area contributed by atoms with Crippen LogP contribution < -0.4 is 0 Å². The van der Waals surface area contributed by atoms with E-state index in [-0.39, 0.29) is 51.1 Å². The van der Waals surface area contributed by atoms with Gasteiger partial charge in [-0.15, -0.1) is 0 Å². The number of rotatable bonds is 6. The fraction of sp³-hybridized carbons (Fsp3) is 0.800. The number of cyclic esters (lactones) is 2. The summed E-state index contributed by atoms with van der Waals surface area (Å²) < 4.78 is 30.0. The van der Waals surface area contributed by atoms with E-state index in [0.717, 1.165) is 0 Å². The predicted octanol–water partition coefficient (Wildman–Crippen LogP) is 0.526. The molecule has 32 heavy (non-hydrogen) atoms. The van der Waals surface area contributed by atoms with E-state index in [1.165, 1.54) is 0 Å². The maximum absolute atomic E-state index is 11.1. The van der Waals surface area contributed by atoms with E-state index in [2.05, 4.69) is 4.74 Å². The van der Waals surface area contributed by atoms with Crippen molar-refractivity contribution in [2.24, 2.45) is 0 Å². The Morgan fingerprint density at radius 1 is 0.938 bits per heavy atom. The monoisotopic (exact) mass is 464 g/mol. The zero-order chi connectivity index (χ0) is 24.4. The summed E-state index contributed by atoms with van der Waals surface area (Å²) in [7, 11) is 0. The molecule has 3 aliphatic rings. The minimum atomic E-state index is -1.02. The van der Waals surface area contributed by atoms with Crippen LogP contribution in [0.5, 0.6) is 0 Å². The zero-order valence-electron chi connectivity index (χ0n) is 18.8. The molecule has 0 bridgehead atoms. The van der Waals surface area contributed by atoms with Gasteiger partial charge in [-0.3, -0.25) is 19.2 Å². The molecule has 3 rings (SSSR count). The quantitative estimate of drug-likeness (QED) is 0.414. The van der Waals surface area contributed by atoms with Crippen LogP contribution in [0.1, 0.15) is 53.4 Å². The van der Waals surface area contributed by atoms with Gasteiger partial charge < -0.3 is 38.6 Å². The highest BCUT2D eigenvalue weighted by atomic mass is 16.8. The number of carbonyl (C=O) groups excluding carboxylic acids is 3. The molecule has 3 saturated heterocycles. The third-order valence-corrected chi connectivity index (χ3v) is 4.07. The summed E-state index contributed by atoms with van der Waals surface area (Å²) >= 11 is 0. The van der Waals surface area contributed by atoms with Gasteiger partial charge in [0.1, 0.15) is 18.8 Å². The Bertz CT molecular complexity index is 643. The van der Waals surface area contributed by atoms with E-state index in [0.29, 0.717) is 13.2 Å². The molecule has 12 heteroatoms. The summed E-state index contributed by atoms with van der Waals surface area (Å²) in [6, 6.07) is 0. The third-order valence-electron chi connectivity index (χ3n) is 4.07. The van der Waals surface area contributed by atoms with Crippen molar-refractivity contribution >= 4 is 23.9 Å². The van der Waals surface area contributed by atoms with Crippen LogP contribution in [0.3, 0.4) is 0 Å². The van der Waals surface area contributed by atoms with E-state index in [9.17, 15) is 19.2 Å². The molecule has 3 heterocycles. The fourth-order valence-corrected chi connectivity index (χ4v) is 2.60. The third kappa shape index (κ3) is 12.1. The molecule has 0 amide bonds. The van der Waals surface area contributed by atoms with Gasteiger partial charge in [0.15, 0.2) is 11.6 Å². The number of carbonyl (C=O) groups is 4. The van der Waals surface area contributed by atoms with Crippen LogP contribution >= 0.6 is 0 Å². The van der Waals surface area contributed by atoms with Gasteiger partial charge in [0.2, 0.25) is 0 Å². The fourth-order valence-electron chi connectivity index (χ4n) is 2.60. The molecule has 3 fully saturated rings. The number of carboxylic acid groups (broad SMARTS) is 1. The Morgan fingerprint density at radius 2 is 1.44 bits per heavy atom. The molecular weight excluding hydrogens is 432 g/mol. The van der Waals surface area contributed by atoms with E-state index < -0.39 is 35.5 Å². The van der Waals surface area contributed by atoms with Crippen molar-refractivity contribution in [3.05, 3.63) is 0 Å². The number of aliphatic hydroxyl groups is 1. The van der Waals surface area contributed by atoms with Crippen molar-refractivity contribution < 1.29 is 57.8 Å². The Hall–Kier alpha value is -2.12. The number of aliphatic hydroxyl groups excluding tert-OH is 1. The summed E-state index contributed by atoms with van der Waals surface area (Å²) in [6.07, 6.45) is -0.208. The van der Waals surface area contributed by atoms with Gasteiger partial charge in [0.25, 0.3) is 0 Å². The van der Waals surface area contributed by atoms with Crippen LogP contribution in [0, 0.1) is 0 Å². The lowest BCUT2D eigenvalue weighted by Crippen LogP contribution is -2.25. The van der Waals surface area contributed by atoms with Crippen molar-refractivity contribution in [1.82, 2.24) is 0 Å². The molecule has 0 aromatic rings. The second kappa shape index (κ2) is 12.8. The first-order valence-electron chi connectivity index (χ1n) is 10.2. The highest BCUT2D eigenvalue weighted by Crippen LogP contribution is 2.22. The smallest absolute Gasteiger partial charge is 0.314 e. The van der Waals surface area contributed by atoms with Gasteiger partial charge in [-0.1, -0.05) is 0 Å². The first-order valence-corrected chi connectivity index (χ1v) is 10.2. The normalized spacial score (nSPS) is 25.2. The van der Waals surface area contributed by atoms with E-state index in [1.807, 2.05) is 13.8 Å². The van der Waals surface area contributed by atoms with Gasteiger partial charge in [-0.05, 0) is 27.7 Å². The van der Waals surface area contributed by atoms with E-state index >= 15 is 0 Å². The SMILES string of the molecule is CC1(C)OCC(CO)O1.CC1(C)OCC(COC(=O)CCC(=O)O)O1.O=C1CCC(=O)O1. The molecule has 0 aromatic heterocycles. The average molecular weight is 464 g/mol. The van der Waals surface area contributed by atoms with Crippen molar-refractivity contribution in [2.45, 2.75) is 77.2 Å². The van der Waals surface area contributed by atoms with Crippen LogP contribution in [0.25, 0.3) is 0 Å². The largest absolute Gasteiger partial charge is 0.481 e. The molecule has 0 radical (unpaired) electrons. The number of aliphatic carboxylic acids is 1. The van der Waals surface area contributed by atoms with Crippen LogP contribution in [0.2, 0.25) is 0 Å². The molecule has 3 aliphatic heterocycles. The summed E-state index contributed by atoms with van der Waals surface area (Å²) in [4.78, 5) is 41.3. The van der Waals surface area contributed by atoms with Crippen molar-refractivity contribution in [2.75, 3.05) is 26.4 Å². The Kier molecular flexibility index (Phi) is 11.2. The van der Waals surface area contributed by atoms with Crippen molar-refractivity contribution in [1.29, 1.82) is 0 Å². The van der Waals surface area contributed by atoms with Crippen LogP contribution in [-0.2, 0) is 47.6 Å². The van der Waals surface area contributed by atoms with Gasteiger partial charge in [-0.25, -0.2) is 0 Å². The number of hydrogen-bond acceptors (Lipinski definition) is 11. The molecule has 2 atom stereocenters. The molecule has 12 nitrogen and oxygen atoms in total. The molecule has 0 spiro atoms. The second-order valence-electron chi connectivity index (χ2n) is 8.01. The van der Waals surface area contributed by atoms with Crippen LogP contribution in [0.15, 0.2) is 0 Å². The standard InChI is InChI=1S/C10H16O6.C6H12O3.C4H4O3/c1-10(2)15-6-7(16-10)5-14-9(13)4-3-8(11)12;1-6(2)8-4-5(3-7)9-6;5-3-1-2-4(6)7-3/h7H,3-6H2,1-2H3,(H,11,12);5,7H,3-4H2,1-2H3;1-2H2. The van der Waals surface area contributed by atoms with Gasteiger partial charge in [0, 0.05) is 0 Å². The molecule has 2 N–H and O–H groups in total. The molecule has 2 unspecified atom stereocenters. The van der Waals surface area contributed by atoms with E-state index in [4.69, 9.17) is 33.9 Å². The lowest BCUT2D eigenvalue weighted by molar-refractivity contribution is -0.159. The minimum absolute atomic E-state index is 0.0451. The number of hydrogen-bond donors (Lipinski definition) is 2. The summed E-state index contributed by atoms with van der Waals surface area (Å²) in [5.41, 5.74) is 0. The Balaban J connectivity index is 0.000000267. The summed E-state index contributed by atoms with van der Waals surface area (Å²) in [5, 5.41) is 17.0. The highest BCUT2D eigenvalue weighted by molar-refractivity contribution is 5.92. The zero-order valence-corrected chi connectivity index (χ0v) is 18.8. The second-order valence-corrected chi connectivity index (χ2v) is 8.01. The minimum Gasteiger partial charge on any atom is -0.481 e.